The minimum Gasteiger partial charge on any atom is -0.396 e. The molecule has 18 heavy (non-hydrogen) atoms. The topological polar surface area (TPSA) is 78.4 Å². The average molecular weight is 270 g/mol. The van der Waals surface area contributed by atoms with Crippen molar-refractivity contribution < 1.29 is 14.7 Å². The zero-order valence-electron chi connectivity index (χ0n) is 10.3. The van der Waals surface area contributed by atoms with Crippen LogP contribution in [0, 0.1) is 5.92 Å². The van der Waals surface area contributed by atoms with Gasteiger partial charge in [-0.1, -0.05) is 6.92 Å². The summed E-state index contributed by atoms with van der Waals surface area (Å²) in [6, 6.07) is 1.74. The zero-order chi connectivity index (χ0) is 13.4. The molecule has 0 aliphatic heterocycles. The summed E-state index contributed by atoms with van der Waals surface area (Å²) < 4.78 is 0. The highest BCUT2D eigenvalue weighted by molar-refractivity contribution is 7.08. The van der Waals surface area contributed by atoms with Crippen molar-refractivity contribution >= 4 is 23.2 Å². The molecule has 0 saturated heterocycles. The van der Waals surface area contributed by atoms with Gasteiger partial charge in [0.1, 0.15) is 0 Å². The lowest BCUT2D eigenvalue weighted by molar-refractivity contribution is -0.121. The molecule has 1 rings (SSSR count). The maximum absolute atomic E-state index is 11.5. The number of thiophene rings is 1. The highest BCUT2D eigenvalue weighted by Crippen LogP contribution is 2.04. The monoisotopic (exact) mass is 270 g/mol. The van der Waals surface area contributed by atoms with E-state index >= 15 is 0 Å². The molecule has 0 radical (unpaired) electrons. The maximum Gasteiger partial charge on any atom is 0.252 e. The number of rotatable bonds is 7. The van der Waals surface area contributed by atoms with Gasteiger partial charge in [-0.2, -0.15) is 11.3 Å². The van der Waals surface area contributed by atoms with Gasteiger partial charge >= 0.3 is 0 Å². The van der Waals surface area contributed by atoms with E-state index in [2.05, 4.69) is 10.6 Å². The largest absolute Gasteiger partial charge is 0.396 e. The van der Waals surface area contributed by atoms with Crippen molar-refractivity contribution in [3.05, 3.63) is 22.4 Å². The van der Waals surface area contributed by atoms with E-state index in [1.54, 1.807) is 11.4 Å². The molecule has 1 aromatic heterocycles. The molecule has 0 bridgehead atoms. The second-order valence-electron chi connectivity index (χ2n) is 4.11. The van der Waals surface area contributed by atoms with Gasteiger partial charge in [-0.05, 0) is 17.4 Å². The number of nitrogens with one attached hydrogen (secondary N) is 2. The van der Waals surface area contributed by atoms with Crippen molar-refractivity contribution in [1.29, 1.82) is 0 Å². The van der Waals surface area contributed by atoms with Gasteiger partial charge in [0.05, 0.1) is 0 Å². The molecule has 3 N–H and O–H groups in total. The predicted octanol–water partition coefficient (Wildman–Crippen LogP) is 0.613. The average Bonchev–Trinajstić information content (AvgIpc) is 2.89. The SMILES string of the molecule is CC(CO)CNC(=O)CCNC(=O)c1ccsc1. The summed E-state index contributed by atoms with van der Waals surface area (Å²) in [7, 11) is 0. The van der Waals surface area contributed by atoms with Crippen molar-refractivity contribution in [3.8, 4) is 0 Å². The van der Waals surface area contributed by atoms with Gasteiger partial charge in [-0.25, -0.2) is 0 Å². The normalized spacial score (nSPS) is 11.9. The van der Waals surface area contributed by atoms with Crippen molar-refractivity contribution in [2.75, 3.05) is 19.7 Å². The third-order valence-corrected chi connectivity index (χ3v) is 3.06. The summed E-state index contributed by atoms with van der Waals surface area (Å²) in [6.45, 7) is 2.66. The molecule has 6 heteroatoms. The Kier molecular flexibility index (Phi) is 6.38. The van der Waals surface area contributed by atoms with Crippen LogP contribution in [0.1, 0.15) is 23.7 Å². The van der Waals surface area contributed by atoms with Crippen LogP contribution in [0.4, 0.5) is 0 Å². The van der Waals surface area contributed by atoms with Crippen LogP contribution >= 0.6 is 11.3 Å². The quantitative estimate of drug-likeness (QED) is 0.679. The number of carbonyl (C=O) groups excluding carboxylic acids is 2. The van der Waals surface area contributed by atoms with Gasteiger partial charge in [-0.3, -0.25) is 9.59 Å². The number of aliphatic hydroxyl groups excluding tert-OH is 1. The number of hydrogen-bond acceptors (Lipinski definition) is 4. The van der Waals surface area contributed by atoms with Crippen molar-refractivity contribution in [1.82, 2.24) is 10.6 Å². The van der Waals surface area contributed by atoms with E-state index in [1.807, 2.05) is 12.3 Å². The van der Waals surface area contributed by atoms with Crippen LogP contribution in [0.25, 0.3) is 0 Å². The van der Waals surface area contributed by atoms with E-state index in [4.69, 9.17) is 5.11 Å². The van der Waals surface area contributed by atoms with Gasteiger partial charge in [0.25, 0.3) is 5.91 Å². The molecule has 0 spiro atoms. The zero-order valence-corrected chi connectivity index (χ0v) is 11.1. The molecule has 100 valence electrons. The first-order valence-electron chi connectivity index (χ1n) is 5.81. The fourth-order valence-electron chi connectivity index (χ4n) is 1.23. The molecule has 1 atom stereocenters. The lowest BCUT2D eigenvalue weighted by atomic mass is 10.2. The summed E-state index contributed by atoms with van der Waals surface area (Å²) in [5, 5.41) is 17.8. The van der Waals surface area contributed by atoms with E-state index in [0.29, 0.717) is 18.7 Å². The lowest BCUT2D eigenvalue weighted by Crippen LogP contribution is -2.33. The van der Waals surface area contributed by atoms with Crippen molar-refractivity contribution in [2.45, 2.75) is 13.3 Å². The Morgan fingerprint density at radius 1 is 1.44 bits per heavy atom. The smallest absolute Gasteiger partial charge is 0.252 e. The molecule has 0 aliphatic carbocycles. The maximum atomic E-state index is 11.5. The lowest BCUT2D eigenvalue weighted by Gasteiger charge is -2.09. The van der Waals surface area contributed by atoms with Crippen LogP contribution in [0.15, 0.2) is 16.8 Å². The first-order valence-corrected chi connectivity index (χ1v) is 6.75. The summed E-state index contributed by atoms with van der Waals surface area (Å²) in [5.74, 6) is -0.233. The number of aliphatic hydroxyl groups is 1. The fraction of sp³-hybridized carbons (Fsp3) is 0.500. The molecule has 0 aliphatic rings. The number of carbonyl (C=O) groups is 2. The van der Waals surface area contributed by atoms with E-state index in [-0.39, 0.29) is 30.8 Å². The summed E-state index contributed by atoms with van der Waals surface area (Å²) >= 11 is 1.46. The van der Waals surface area contributed by atoms with E-state index in [1.165, 1.54) is 11.3 Å². The molecule has 5 nitrogen and oxygen atoms in total. The Bertz CT molecular complexity index is 379. The highest BCUT2D eigenvalue weighted by Gasteiger charge is 2.07. The van der Waals surface area contributed by atoms with Gasteiger partial charge in [0.15, 0.2) is 0 Å². The van der Waals surface area contributed by atoms with Crippen LogP contribution in [-0.2, 0) is 4.79 Å². The molecule has 1 unspecified atom stereocenters. The van der Waals surface area contributed by atoms with Gasteiger partial charge in [0, 0.05) is 37.1 Å². The Balaban J connectivity index is 2.14. The fourth-order valence-corrected chi connectivity index (χ4v) is 1.86. The molecule has 0 aromatic carbocycles. The van der Waals surface area contributed by atoms with E-state index < -0.39 is 0 Å². The van der Waals surface area contributed by atoms with Crippen LogP contribution in [-0.4, -0.2) is 36.6 Å². The Morgan fingerprint density at radius 3 is 2.83 bits per heavy atom. The molecular formula is C12H18N2O3S. The number of amides is 2. The van der Waals surface area contributed by atoms with Crippen molar-refractivity contribution in [3.63, 3.8) is 0 Å². The van der Waals surface area contributed by atoms with Crippen LogP contribution in [0.3, 0.4) is 0 Å². The van der Waals surface area contributed by atoms with Gasteiger partial charge < -0.3 is 15.7 Å². The minimum atomic E-state index is -0.159. The van der Waals surface area contributed by atoms with Crippen LogP contribution in [0.5, 0.6) is 0 Å². The first-order chi connectivity index (χ1) is 8.63. The van der Waals surface area contributed by atoms with E-state index in [9.17, 15) is 9.59 Å². The number of hydrogen-bond donors (Lipinski definition) is 3. The van der Waals surface area contributed by atoms with E-state index in [0.717, 1.165) is 0 Å². The second kappa shape index (κ2) is 7.84. The molecule has 0 fully saturated rings. The molecule has 1 aromatic rings. The molecule has 0 saturated carbocycles. The summed E-state index contributed by atoms with van der Waals surface area (Å²) in [4.78, 5) is 22.9. The summed E-state index contributed by atoms with van der Waals surface area (Å²) in [6.07, 6.45) is 0.244. The van der Waals surface area contributed by atoms with Gasteiger partial charge in [-0.15, -0.1) is 0 Å². The standard InChI is InChI=1S/C12H18N2O3S/c1-9(7-15)6-14-11(16)2-4-13-12(17)10-3-5-18-8-10/h3,5,8-9,15H,2,4,6-7H2,1H3,(H,13,17)(H,14,16). The molecule has 2 amide bonds. The highest BCUT2D eigenvalue weighted by atomic mass is 32.1. The summed E-state index contributed by atoms with van der Waals surface area (Å²) in [5.41, 5.74) is 0.620. The first kappa shape index (κ1) is 14.7. The Hall–Kier alpha value is -1.40. The van der Waals surface area contributed by atoms with Gasteiger partial charge in [0.2, 0.25) is 5.91 Å². The third-order valence-electron chi connectivity index (χ3n) is 2.38. The predicted molar refractivity (Wildman–Crippen MR) is 70.5 cm³/mol. The van der Waals surface area contributed by atoms with Crippen LogP contribution in [0.2, 0.25) is 0 Å². The molecule has 1 heterocycles. The minimum absolute atomic E-state index is 0.0503. The third kappa shape index (κ3) is 5.29. The second-order valence-corrected chi connectivity index (χ2v) is 4.89. The van der Waals surface area contributed by atoms with Crippen molar-refractivity contribution in [2.24, 2.45) is 5.92 Å². The Labute approximate surface area is 110 Å². The molecular weight excluding hydrogens is 252 g/mol. The Morgan fingerprint density at radius 2 is 2.22 bits per heavy atom. The van der Waals surface area contributed by atoms with Crippen LogP contribution < -0.4 is 10.6 Å².